The zero-order valence-electron chi connectivity index (χ0n) is 9.55. The highest BCUT2D eigenvalue weighted by molar-refractivity contribution is 5.76. The monoisotopic (exact) mass is 214 g/mol. The largest absolute Gasteiger partial charge is 0.381 e. The number of nitrogens with one attached hydrogen (secondary N) is 1. The second-order valence-corrected chi connectivity index (χ2v) is 4.47. The van der Waals surface area contributed by atoms with Gasteiger partial charge in [-0.15, -0.1) is 0 Å². The fourth-order valence-corrected chi connectivity index (χ4v) is 1.78. The summed E-state index contributed by atoms with van der Waals surface area (Å²) in [7, 11) is 0. The summed E-state index contributed by atoms with van der Waals surface area (Å²) in [5.74, 6) is 0.146. The van der Waals surface area contributed by atoms with Gasteiger partial charge in [-0.3, -0.25) is 4.79 Å². The van der Waals surface area contributed by atoms with E-state index >= 15 is 0 Å². The van der Waals surface area contributed by atoms with Gasteiger partial charge in [-0.1, -0.05) is 0 Å². The minimum atomic E-state index is -0.0575. The Bertz CT molecular complexity index is 201. The van der Waals surface area contributed by atoms with Crippen LogP contribution >= 0.6 is 0 Å². The molecule has 0 saturated carbocycles. The number of ether oxygens (including phenoxy) is 1. The van der Waals surface area contributed by atoms with Gasteiger partial charge in [-0.05, 0) is 39.2 Å². The smallest absolute Gasteiger partial charge is 0.220 e. The number of unbranched alkanes of at least 4 members (excludes halogenated alkanes) is 1. The molecular formula is C11H22N2O2. The predicted molar refractivity (Wildman–Crippen MR) is 59.5 cm³/mol. The van der Waals surface area contributed by atoms with Crippen LogP contribution in [0.3, 0.4) is 0 Å². The Balaban J connectivity index is 2.23. The van der Waals surface area contributed by atoms with Crippen LogP contribution in [0.1, 0.15) is 39.0 Å². The zero-order chi connectivity index (χ0) is 11.1. The lowest BCUT2D eigenvalue weighted by Gasteiger charge is -2.34. The Kier molecular flexibility index (Phi) is 5.05. The number of carbonyl (C=O) groups excluding carboxylic acids is 1. The second-order valence-electron chi connectivity index (χ2n) is 4.47. The molecule has 0 atom stereocenters. The van der Waals surface area contributed by atoms with Crippen LogP contribution in [0.15, 0.2) is 0 Å². The number of hydrogen-bond acceptors (Lipinski definition) is 3. The van der Waals surface area contributed by atoms with Crippen molar-refractivity contribution in [3.05, 3.63) is 0 Å². The molecule has 0 aromatic rings. The van der Waals surface area contributed by atoms with Crippen LogP contribution in [0, 0.1) is 0 Å². The van der Waals surface area contributed by atoms with E-state index in [9.17, 15) is 4.79 Å². The van der Waals surface area contributed by atoms with E-state index in [-0.39, 0.29) is 11.4 Å². The van der Waals surface area contributed by atoms with Gasteiger partial charge in [0.05, 0.1) is 0 Å². The Hall–Kier alpha value is -0.610. The first-order valence-corrected chi connectivity index (χ1v) is 5.75. The summed E-state index contributed by atoms with van der Waals surface area (Å²) in [6.45, 7) is 4.26. The highest BCUT2D eigenvalue weighted by Crippen LogP contribution is 2.19. The average molecular weight is 214 g/mol. The van der Waals surface area contributed by atoms with Crippen molar-refractivity contribution in [3.8, 4) is 0 Å². The van der Waals surface area contributed by atoms with Gasteiger partial charge in [-0.2, -0.15) is 0 Å². The molecule has 1 aliphatic heterocycles. The molecule has 1 aliphatic rings. The SMILES string of the molecule is CC1(NC(=O)CCCCN)CCOCC1. The molecule has 88 valence electrons. The lowest BCUT2D eigenvalue weighted by atomic mass is 9.92. The average Bonchev–Trinajstić information content (AvgIpc) is 2.18. The van der Waals surface area contributed by atoms with E-state index < -0.39 is 0 Å². The van der Waals surface area contributed by atoms with Gasteiger partial charge in [0, 0.05) is 25.2 Å². The van der Waals surface area contributed by atoms with Gasteiger partial charge in [0.25, 0.3) is 0 Å². The van der Waals surface area contributed by atoms with E-state index in [0.717, 1.165) is 38.9 Å². The summed E-state index contributed by atoms with van der Waals surface area (Å²) in [6.07, 6.45) is 4.22. The molecule has 1 rings (SSSR count). The summed E-state index contributed by atoms with van der Waals surface area (Å²) in [6, 6.07) is 0. The van der Waals surface area contributed by atoms with Crippen molar-refractivity contribution in [2.45, 2.75) is 44.6 Å². The van der Waals surface area contributed by atoms with Crippen molar-refractivity contribution >= 4 is 5.91 Å². The number of amides is 1. The summed E-state index contributed by atoms with van der Waals surface area (Å²) in [4.78, 5) is 11.6. The van der Waals surface area contributed by atoms with Gasteiger partial charge in [0.2, 0.25) is 5.91 Å². The van der Waals surface area contributed by atoms with E-state index in [1.807, 2.05) is 0 Å². The molecule has 1 amide bonds. The van der Waals surface area contributed by atoms with Crippen molar-refractivity contribution < 1.29 is 9.53 Å². The Morgan fingerprint density at radius 1 is 1.40 bits per heavy atom. The second kappa shape index (κ2) is 6.08. The number of nitrogens with two attached hydrogens (primary N) is 1. The first kappa shape index (κ1) is 12.5. The van der Waals surface area contributed by atoms with Gasteiger partial charge in [-0.25, -0.2) is 0 Å². The van der Waals surface area contributed by atoms with Gasteiger partial charge >= 0.3 is 0 Å². The Labute approximate surface area is 91.5 Å². The van der Waals surface area contributed by atoms with Crippen LogP contribution in [0.2, 0.25) is 0 Å². The van der Waals surface area contributed by atoms with Crippen LogP contribution in [0.4, 0.5) is 0 Å². The first-order chi connectivity index (χ1) is 7.16. The van der Waals surface area contributed by atoms with Gasteiger partial charge < -0.3 is 15.8 Å². The Morgan fingerprint density at radius 3 is 2.67 bits per heavy atom. The fraction of sp³-hybridized carbons (Fsp3) is 0.909. The molecule has 1 saturated heterocycles. The van der Waals surface area contributed by atoms with Crippen molar-refractivity contribution in [2.24, 2.45) is 5.73 Å². The fourth-order valence-electron chi connectivity index (χ4n) is 1.78. The van der Waals surface area contributed by atoms with Crippen molar-refractivity contribution in [1.29, 1.82) is 0 Å². The molecule has 3 N–H and O–H groups in total. The summed E-state index contributed by atoms with van der Waals surface area (Å²) >= 11 is 0. The van der Waals surface area contributed by atoms with Crippen LogP contribution in [0.5, 0.6) is 0 Å². The molecule has 0 radical (unpaired) electrons. The molecule has 0 unspecified atom stereocenters. The predicted octanol–water partition coefficient (Wildman–Crippen LogP) is 0.801. The molecule has 0 aromatic carbocycles. The summed E-state index contributed by atoms with van der Waals surface area (Å²) in [5.41, 5.74) is 5.32. The van der Waals surface area contributed by atoms with E-state index in [2.05, 4.69) is 12.2 Å². The molecular weight excluding hydrogens is 192 g/mol. The van der Waals surface area contributed by atoms with E-state index in [4.69, 9.17) is 10.5 Å². The molecule has 1 heterocycles. The van der Waals surface area contributed by atoms with Crippen molar-refractivity contribution in [1.82, 2.24) is 5.32 Å². The third-order valence-electron chi connectivity index (χ3n) is 2.90. The van der Waals surface area contributed by atoms with Crippen molar-refractivity contribution in [3.63, 3.8) is 0 Å². The maximum absolute atomic E-state index is 11.6. The minimum absolute atomic E-state index is 0.0575. The van der Waals surface area contributed by atoms with Crippen LogP contribution in [0.25, 0.3) is 0 Å². The summed E-state index contributed by atoms with van der Waals surface area (Å²) < 4.78 is 5.28. The molecule has 15 heavy (non-hydrogen) atoms. The topological polar surface area (TPSA) is 64.4 Å². The zero-order valence-corrected chi connectivity index (χ0v) is 9.55. The number of hydrogen-bond donors (Lipinski definition) is 2. The lowest BCUT2D eigenvalue weighted by molar-refractivity contribution is -0.124. The molecule has 0 bridgehead atoms. The number of carbonyl (C=O) groups is 1. The van der Waals surface area contributed by atoms with Crippen LogP contribution < -0.4 is 11.1 Å². The van der Waals surface area contributed by atoms with E-state index in [1.165, 1.54) is 0 Å². The number of rotatable bonds is 5. The third kappa shape index (κ3) is 4.62. The maximum Gasteiger partial charge on any atom is 0.220 e. The first-order valence-electron chi connectivity index (χ1n) is 5.75. The van der Waals surface area contributed by atoms with Gasteiger partial charge in [0.15, 0.2) is 0 Å². The molecule has 0 aliphatic carbocycles. The lowest BCUT2D eigenvalue weighted by Crippen LogP contribution is -2.49. The summed E-state index contributed by atoms with van der Waals surface area (Å²) in [5, 5.41) is 3.09. The highest BCUT2D eigenvalue weighted by Gasteiger charge is 2.28. The van der Waals surface area contributed by atoms with E-state index in [1.54, 1.807) is 0 Å². The molecule has 0 aromatic heterocycles. The van der Waals surface area contributed by atoms with Gasteiger partial charge in [0.1, 0.15) is 0 Å². The molecule has 0 spiro atoms. The maximum atomic E-state index is 11.6. The van der Waals surface area contributed by atoms with E-state index in [0.29, 0.717) is 13.0 Å². The molecule has 1 fully saturated rings. The third-order valence-corrected chi connectivity index (χ3v) is 2.90. The minimum Gasteiger partial charge on any atom is -0.381 e. The van der Waals surface area contributed by atoms with Crippen LogP contribution in [-0.4, -0.2) is 31.2 Å². The highest BCUT2D eigenvalue weighted by atomic mass is 16.5. The standard InChI is InChI=1S/C11H22N2O2/c1-11(5-8-15-9-6-11)13-10(14)4-2-3-7-12/h2-9,12H2,1H3,(H,13,14). The quantitative estimate of drug-likeness (QED) is 0.665. The molecule has 4 heteroatoms. The molecule has 4 nitrogen and oxygen atoms in total. The Morgan fingerprint density at radius 2 is 2.07 bits per heavy atom. The normalized spacial score (nSPS) is 19.9. The van der Waals surface area contributed by atoms with Crippen LogP contribution in [-0.2, 0) is 9.53 Å². The van der Waals surface area contributed by atoms with Crippen molar-refractivity contribution in [2.75, 3.05) is 19.8 Å².